The van der Waals surface area contributed by atoms with Crippen LogP contribution in [0.1, 0.15) is 10.6 Å². The van der Waals surface area contributed by atoms with Gasteiger partial charge in [0.2, 0.25) is 0 Å². The van der Waals surface area contributed by atoms with E-state index in [2.05, 4.69) is 20.9 Å². The van der Waals surface area contributed by atoms with E-state index in [0.29, 0.717) is 0 Å². The molecule has 0 fully saturated rings. The van der Waals surface area contributed by atoms with E-state index >= 15 is 0 Å². The van der Waals surface area contributed by atoms with Crippen LogP contribution in [0.25, 0.3) is 11.3 Å². The molecule has 1 aromatic heterocycles. The highest BCUT2D eigenvalue weighted by Gasteiger charge is 2.12. The van der Waals surface area contributed by atoms with Gasteiger partial charge in [-0.25, -0.2) is 4.98 Å². The predicted octanol–water partition coefficient (Wildman–Crippen LogP) is 4.68. The van der Waals surface area contributed by atoms with Crippen molar-refractivity contribution in [2.75, 3.05) is 7.11 Å². The number of ether oxygens (including phenoxy) is 1. The minimum Gasteiger partial charge on any atom is -0.496 e. The average Bonchev–Trinajstić information content (AvgIpc) is 2.80. The average molecular weight is 333 g/mol. The van der Waals surface area contributed by atoms with Gasteiger partial charge >= 0.3 is 0 Å². The van der Waals surface area contributed by atoms with E-state index < -0.39 is 0 Å². The fraction of sp³-hybridized carbons (Fsp3) is 0.250. The van der Waals surface area contributed by atoms with Gasteiger partial charge in [0.15, 0.2) is 0 Å². The highest BCUT2D eigenvalue weighted by Crippen LogP contribution is 2.35. The van der Waals surface area contributed by atoms with Crippen LogP contribution in [0.4, 0.5) is 0 Å². The summed E-state index contributed by atoms with van der Waals surface area (Å²) in [5.41, 5.74) is 2.85. The molecule has 0 unspecified atom stereocenters. The zero-order chi connectivity index (χ0) is 12.4. The van der Waals surface area contributed by atoms with E-state index in [4.69, 9.17) is 16.3 Å². The summed E-state index contributed by atoms with van der Waals surface area (Å²) in [5.74, 6) is 0.804. The molecule has 17 heavy (non-hydrogen) atoms. The Labute approximate surface area is 118 Å². The van der Waals surface area contributed by atoms with E-state index in [1.165, 1.54) is 0 Å². The number of nitrogens with zero attached hydrogens (tertiary/aromatic N) is 1. The fourth-order valence-electron chi connectivity index (χ4n) is 1.52. The first-order valence-electron chi connectivity index (χ1n) is 5.00. The SMILES string of the molecule is COc1cc(C)c(Cl)cc1-c1csc(CBr)n1. The van der Waals surface area contributed by atoms with Crippen LogP contribution in [0.2, 0.25) is 5.02 Å². The second kappa shape index (κ2) is 5.38. The van der Waals surface area contributed by atoms with Crippen LogP contribution in [0, 0.1) is 6.92 Å². The van der Waals surface area contributed by atoms with Gasteiger partial charge in [-0.15, -0.1) is 11.3 Å². The standard InChI is InChI=1S/C12H11BrClNOS/c1-7-3-11(16-2)8(4-9(7)14)10-6-17-12(5-13)15-10/h3-4,6H,5H2,1-2H3. The molecule has 0 spiro atoms. The molecule has 90 valence electrons. The van der Waals surface area contributed by atoms with E-state index in [9.17, 15) is 0 Å². The second-order valence-corrected chi connectivity index (χ2v) is 5.47. The van der Waals surface area contributed by atoms with Crippen molar-refractivity contribution in [3.63, 3.8) is 0 Å². The minimum absolute atomic E-state index is 0.731. The molecule has 0 aliphatic carbocycles. The summed E-state index contributed by atoms with van der Waals surface area (Å²) in [7, 11) is 1.66. The molecule has 0 atom stereocenters. The highest BCUT2D eigenvalue weighted by atomic mass is 79.9. The molecule has 2 aromatic rings. The van der Waals surface area contributed by atoms with Crippen LogP contribution < -0.4 is 4.74 Å². The quantitative estimate of drug-likeness (QED) is 0.762. The summed E-state index contributed by atoms with van der Waals surface area (Å²) in [6.07, 6.45) is 0. The van der Waals surface area contributed by atoms with Crippen molar-refractivity contribution in [2.45, 2.75) is 12.3 Å². The van der Waals surface area contributed by atoms with Gasteiger partial charge in [-0.1, -0.05) is 27.5 Å². The molecule has 0 N–H and O–H groups in total. The number of hydrogen-bond acceptors (Lipinski definition) is 3. The van der Waals surface area contributed by atoms with Crippen molar-refractivity contribution in [1.82, 2.24) is 4.98 Å². The number of benzene rings is 1. The lowest BCUT2D eigenvalue weighted by atomic mass is 10.1. The first-order chi connectivity index (χ1) is 8.15. The molecular formula is C12H11BrClNOS. The van der Waals surface area contributed by atoms with Gasteiger partial charge in [-0.2, -0.15) is 0 Å². The largest absolute Gasteiger partial charge is 0.496 e. The maximum absolute atomic E-state index is 6.14. The number of rotatable bonds is 3. The lowest BCUT2D eigenvalue weighted by molar-refractivity contribution is 0.416. The maximum atomic E-state index is 6.14. The highest BCUT2D eigenvalue weighted by molar-refractivity contribution is 9.08. The third kappa shape index (κ3) is 2.64. The molecule has 2 rings (SSSR count). The molecule has 0 saturated carbocycles. The molecule has 0 aliphatic rings. The molecule has 5 heteroatoms. The first kappa shape index (κ1) is 12.9. The van der Waals surface area contributed by atoms with Gasteiger partial charge in [0, 0.05) is 16.0 Å². The number of aromatic nitrogens is 1. The summed E-state index contributed by atoms with van der Waals surface area (Å²) in [6, 6.07) is 3.84. The Balaban J connectivity index is 2.53. The second-order valence-electron chi connectivity index (χ2n) is 3.56. The summed E-state index contributed by atoms with van der Waals surface area (Å²) in [6.45, 7) is 1.96. The van der Waals surface area contributed by atoms with Gasteiger partial charge in [0.05, 0.1) is 18.1 Å². The Morgan fingerprint density at radius 2 is 2.24 bits per heavy atom. The lowest BCUT2D eigenvalue weighted by Gasteiger charge is -2.08. The third-order valence-electron chi connectivity index (χ3n) is 2.42. The Hall–Kier alpha value is -0.580. The zero-order valence-electron chi connectivity index (χ0n) is 9.46. The monoisotopic (exact) mass is 331 g/mol. The first-order valence-corrected chi connectivity index (χ1v) is 7.38. The third-order valence-corrected chi connectivity index (χ3v) is 4.58. The van der Waals surface area contributed by atoms with Crippen molar-refractivity contribution in [3.8, 4) is 17.0 Å². The molecule has 1 heterocycles. The van der Waals surface area contributed by atoms with E-state index in [0.717, 1.165) is 37.9 Å². The van der Waals surface area contributed by atoms with E-state index in [1.54, 1.807) is 18.4 Å². The molecule has 2 nitrogen and oxygen atoms in total. The molecule has 0 bridgehead atoms. The smallest absolute Gasteiger partial charge is 0.128 e. The Morgan fingerprint density at radius 1 is 1.47 bits per heavy atom. The van der Waals surface area contributed by atoms with Crippen LogP contribution in [0.15, 0.2) is 17.5 Å². The summed E-state index contributed by atoms with van der Waals surface area (Å²) in [4.78, 5) is 4.51. The number of aryl methyl sites for hydroxylation is 1. The molecular weight excluding hydrogens is 322 g/mol. The van der Waals surface area contributed by atoms with Gasteiger partial charge in [-0.3, -0.25) is 0 Å². The number of methoxy groups -OCH3 is 1. The number of halogens is 2. The predicted molar refractivity (Wildman–Crippen MR) is 76.5 cm³/mol. The van der Waals surface area contributed by atoms with Crippen molar-refractivity contribution in [2.24, 2.45) is 0 Å². The molecule has 1 aromatic carbocycles. The van der Waals surface area contributed by atoms with E-state index in [1.807, 2.05) is 24.4 Å². The van der Waals surface area contributed by atoms with E-state index in [-0.39, 0.29) is 0 Å². The van der Waals surface area contributed by atoms with Gasteiger partial charge in [0.1, 0.15) is 10.8 Å². The number of hydrogen-bond donors (Lipinski definition) is 0. The number of alkyl halides is 1. The summed E-state index contributed by atoms with van der Waals surface area (Å²) < 4.78 is 5.37. The zero-order valence-corrected chi connectivity index (χ0v) is 12.6. The molecule has 0 saturated heterocycles. The Bertz CT molecular complexity index is 541. The van der Waals surface area contributed by atoms with Crippen molar-refractivity contribution in [3.05, 3.63) is 33.1 Å². The summed E-state index contributed by atoms with van der Waals surface area (Å²) in [5, 5.41) is 4.55. The molecule has 0 amide bonds. The van der Waals surface area contributed by atoms with Crippen molar-refractivity contribution >= 4 is 38.9 Å². The topological polar surface area (TPSA) is 22.1 Å². The molecule has 0 aliphatic heterocycles. The van der Waals surface area contributed by atoms with Crippen LogP contribution in [0.5, 0.6) is 5.75 Å². The van der Waals surface area contributed by atoms with Crippen molar-refractivity contribution < 1.29 is 4.74 Å². The Morgan fingerprint density at radius 3 is 2.82 bits per heavy atom. The minimum atomic E-state index is 0.731. The van der Waals surface area contributed by atoms with Crippen LogP contribution >= 0.6 is 38.9 Å². The van der Waals surface area contributed by atoms with Crippen molar-refractivity contribution in [1.29, 1.82) is 0 Å². The fourth-order valence-corrected chi connectivity index (χ4v) is 2.85. The van der Waals surface area contributed by atoms with Gasteiger partial charge in [-0.05, 0) is 24.6 Å². The number of thiazole rings is 1. The Kier molecular flexibility index (Phi) is 4.07. The van der Waals surface area contributed by atoms with Crippen LogP contribution in [-0.2, 0) is 5.33 Å². The van der Waals surface area contributed by atoms with Crippen LogP contribution in [0.3, 0.4) is 0 Å². The lowest BCUT2D eigenvalue weighted by Crippen LogP contribution is -1.90. The van der Waals surface area contributed by atoms with Gasteiger partial charge < -0.3 is 4.74 Å². The molecule has 0 radical (unpaired) electrons. The van der Waals surface area contributed by atoms with Crippen LogP contribution in [-0.4, -0.2) is 12.1 Å². The summed E-state index contributed by atoms with van der Waals surface area (Å²) >= 11 is 11.2. The van der Waals surface area contributed by atoms with Gasteiger partial charge in [0.25, 0.3) is 0 Å². The maximum Gasteiger partial charge on any atom is 0.128 e. The normalized spacial score (nSPS) is 10.6.